The van der Waals surface area contributed by atoms with E-state index < -0.39 is 0 Å². The van der Waals surface area contributed by atoms with Crippen LogP contribution in [0, 0.1) is 0 Å². The van der Waals surface area contributed by atoms with Crippen LogP contribution in [0.15, 0.2) is 53.9 Å². The van der Waals surface area contributed by atoms with Crippen LogP contribution in [-0.4, -0.2) is 17.4 Å². The number of nitrogens with one attached hydrogen (secondary N) is 1. The topological polar surface area (TPSA) is 45.2 Å². The molecule has 132 valence electrons. The SMILES string of the molecule is O=C(Cc1csc(Nc2cccc(Cl)c2)n1)N1CCCc2ccccc21. The van der Waals surface area contributed by atoms with Crippen molar-refractivity contribution in [2.24, 2.45) is 0 Å². The first-order valence-corrected chi connectivity index (χ1v) is 9.80. The van der Waals surface area contributed by atoms with Gasteiger partial charge in [0.15, 0.2) is 5.13 Å². The molecule has 2 aromatic carbocycles. The summed E-state index contributed by atoms with van der Waals surface area (Å²) in [6, 6.07) is 15.6. The lowest BCUT2D eigenvalue weighted by Gasteiger charge is -2.29. The molecule has 4 rings (SSSR count). The summed E-state index contributed by atoms with van der Waals surface area (Å²) in [5.41, 5.74) is 3.95. The summed E-state index contributed by atoms with van der Waals surface area (Å²) in [5.74, 6) is 0.0942. The number of aromatic nitrogens is 1. The quantitative estimate of drug-likeness (QED) is 0.684. The minimum Gasteiger partial charge on any atom is -0.331 e. The minimum atomic E-state index is 0.0942. The van der Waals surface area contributed by atoms with Crippen molar-refractivity contribution in [1.29, 1.82) is 0 Å². The molecular weight excluding hydrogens is 366 g/mol. The van der Waals surface area contributed by atoms with Crippen LogP contribution in [0.3, 0.4) is 0 Å². The van der Waals surface area contributed by atoms with E-state index in [9.17, 15) is 4.79 Å². The largest absolute Gasteiger partial charge is 0.331 e. The lowest BCUT2D eigenvalue weighted by molar-refractivity contribution is -0.118. The summed E-state index contributed by atoms with van der Waals surface area (Å²) in [6.45, 7) is 0.771. The molecule has 0 saturated heterocycles. The first kappa shape index (κ1) is 17.1. The molecule has 0 fully saturated rings. The Balaban J connectivity index is 1.45. The molecule has 4 nitrogen and oxygen atoms in total. The van der Waals surface area contributed by atoms with Gasteiger partial charge in [0, 0.05) is 28.3 Å². The van der Waals surface area contributed by atoms with E-state index in [0.29, 0.717) is 11.4 Å². The number of hydrogen-bond donors (Lipinski definition) is 1. The Morgan fingerprint density at radius 3 is 3.00 bits per heavy atom. The standard InChI is InChI=1S/C20H18ClN3OS/c21-15-7-3-8-16(11-15)22-20-23-17(13-26-20)12-19(25)24-10-4-6-14-5-1-2-9-18(14)24/h1-3,5,7-9,11,13H,4,6,10,12H2,(H,22,23). The van der Waals surface area contributed by atoms with Gasteiger partial charge in [0.25, 0.3) is 0 Å². The summed E-state index contributed by atoms with van der Waals surface area (Å²) in [5, 5.41) is 6.59. The fourth-order valence-electron chi connectivity index (χ4n) is 3.18. The van der Waals surface area contributed by atoms with Crippen LogP contribution in [0.5, 0.6) is 0 Å². The number of benzene rings is 2. The van der Waals surface area contributed by atoms with Crippen molar-refractivity contribution in [2.45, 2.75) is 19.3 Å². The zero-order valence-electron chi connectivity index (χ0n) is 14.1. The second-order valence-corrected chi connectivity index (χ2v) is 7.53. The predicted molar refractivity (Wildman–Crippen MR) is 108 cm³/mol. The second kappa shape index (κ2) is 7.48. The van der Waals surface area contributed by atoms with Crippen LogP contribution in [-0.2, 0) is 17.6 Å². The summed E-state index contributed by atoms with van der Waals surface area (Å²) in [6.07, 6.45) is 2.34. The Hall–Kier alpha value is -2.37. The smallest absolute Gasteiger partial charge is 0.233 e. The van der Waals surface area contributed by atoms with Gasteiger partial charge in [0.05, 0.1) is 12.1 Å². The fraction of sp³-hybridized carbons (Fsp3) is 0.200. The van der Waals surface area contributed by atoms with Gasteiger partial charge in [-0.1, -0.05) is 35.9 Å². The fourth-order valence-corrected chi connectivity index (χ4v) is 4.10. The lowest BCUT2D eigenvalue weighted by atomic mass is 10.0. The highest BCUT2D eigenvalue weighted by Crippen LogP contribution is 2.28. The van der Waals surface area contributed by atoms with Crippen molar-refractivity contribution in [3.63, 3.8) is 0 Å². The number of para-hydroxylation sites is 1. The highest BCUT2D eigenvalue weighted by Gasteiger charge is 2.22. The van der Waals surface area contributed by atoms with Crippen LogP contribution >= 0.6 is 22.9 Å². The number of aryl methyl sites for hydroxylation is 1. The monoisotopic (exact) mass is 383 g/mol. The van der Waals surface area contributed by atoms with Crippen molar-refractivity contribution in [3.8, 4) is 0 Å². The molecule has 0 spiro atoms. The molecular formula is C20H18ClN3OS. The van der Waals surface area contributed by atoms with E-state index >= 15 is 0 Å². The molecule has 1 aliphatic heterocycles. The number of rotatable bonds is 4. The average molecular weight is 384 g/mol. The number of nitrogens with zero attached hydrogens (tertiary/aromatic N) is 2. The number of carbonyl (C=O) groups excluding carboxylic acids is 1. The van der Waals surface area contributed by atoms with Crippen molar-refractivity contribution in [1.82, 2.24) is 4.98 Å². The molecule has 1 aromatic heterocycles. The third kappa shape index (κ3) is 3.74. The van der Waals surface area contributed by atoms with Gasteiger partial charge in [0.2, 0.25) is 5.91 Å². The van der Waals surface area contributed by atoms with E-state index in [1.807, 2.05) is 52.7 Å². The molecule has 0 saturated carbocycles. The Labute approximate surface area is 161 Å². The number of halogens is 1. The van der Waals surface area contributed by atoms with E-state index in [0.717, 1.165) is 41.6 Å². The Morgan fingerprint density at radius 2 is 2.12 bits per heavy atom. The summed E-state index contributed by atoms with van der Waals surface area (Å²) in [4.78, 5) is 19.2. The maximum Gasteiger partial charge on any atom is 0.233 e. The Kier molecular flexibility index (Phi) is 4.91. The molecule has 1 amide bonds. The average Bonchev–Trinajstić information content (AvgIpc) is 3.08. The van der Waals surface area contributed by atoms with Gasteiger partial charge in [-0.15, -0.1) is 11.3 Å². The van der Waals surface area contributed by atoms with Crippen LogP contribution in [0.4, 0.5) is 16.5 Å². The number of thiazole rings is 1. The first-order chi connectivity index (χ1) is 12.7. The highest BCUT2D eigenvalue weighted by molar-refractivity contribution is 7.13. The van der Waals surface area contributed by atoms with Gasteiger partial charge in [-0.25, -0.2) is 4.98 Å². The van der Waals surface area contributed by atoms with Crippen molar-refractivity contribution < 1.29 is 4.79 Å². The normalized spacial score (nSPS) is 13.3. The first-order valence-electron chi connectivity index (χ1n) is 8.54. The number of anilines is 3. The number of hydrogen-bond acceptors (Lipinski definition) is 4. The van der Waals surface area contributed by atoms with Crippen LogP contribution in [0.2, 0.25) is 5.02 Å². The van der Waals surface area contributed by atoms with Crippen molar-refractivity contribution in [2.75, 3.05) is 16.8 Å². The van der Waals surface area contributed by atoms with Gasteiger partial charge < -0.3 is 10.2 Å². The molecule has 1 aliphatic rings. The molecule has 6 heteroatoms. The van der Waals surface area contributed by atoms with E-state index in [4.69, 9.17) is 11.6 Å². The molecule has 26 heavy (non-hydrogen) atoms. The van der Waals surface area contributed by atoms with Gasteiger partial charge in [0.1, 0.15) is 0 Å². The molecule has 3 aromatic rings. The molecule has 0 unspecified atom stereocenters. The van der Waals surface area contributed by atoms with Crippen LogP contribution < -0.4 is 10.2 Å². The van der Waals surface area contributed by atoms with Gasteiger partial charge >= 0.3 is 0 Å². The van der Waals surface area contributed by atoms with E-state index in [1.54, 1.807) is 0 Å². The maximum atomic E-state index is 12.8. The van der Waals surface area contributed by atoms with Crippen molar-refractivity contribution >= 4 is 45.4 Å². The summed E-state index contributed by atoms with van der Waals surface area (Å²) < 4.78 is 0. The number of carbonyl (C=O) groups is 1. The lowest BCUT2D eigenvalue weighted by Crippen LogP contribution is -2.36. The molecule has 0 atom stereocenters. The zero-order chi connectivity index (χ0) is 17.9. The summed E-state index contributed by atoms with van der Waals surface area (Å²) in [7, 11) is 0. The van der Waals surface area contributed by atoms with Gasteiger partial charge in [-0.3, -0.25) is 4.79 Å². The minimum absolute atomic E-state index is 0.0942. The van der Waals surface area contributed by atoms with Crippen LogP contribution in [0.1, 0.15) is 17.7 Å². The molecule has 1 N–H and O–H groups in total. The molecule has 0 radical (unpaired) electrons. The van der Waals surface area contributed by atoms with E-state index in [1.165, 1.54) is 16.9 Å². The summed E-state index contributed by atoms with van der Waals surface area (Å²) >= 11 is 7.49. The molecule has 2 heterocycles. The third-order valence-electron chi connectivity index (χ3n) is 4.37. The number of fused-ring (bicyclic) bond motifs is 1. The Morgan fingerprint density at radius 1 is 1.23 bits per heavy atom. The molecule has 0 aliphatic carbocycles. The van der Waals surface area contributed by atoms with Gasteiger partial charge in [-0.2, -0.15) is 0 Å². The van der Waals surface area contributed by atoms with E-state index in [-0.39, 0.29) is 5.91 Å². The second-order valence-electron chi connectivity index (χ2n) is 6.23. The van der Waals surface area contributed by atoms with Crippen molar-refractivity contribution in [3.05, 3.63) is 70.2 Å². The predicted octanol–water partition coefficient (Wildman–Crippen LogP) is 5.06. The van der Waals surface area contributed by atoms with Crippen LogP contribution in [0.25, 0.3) is 0 Å². The maximum absolute atomic E-state index is 12.8. The number of amides is 1. The van der Waals surface area contributed by atoms with E-state index in [2.05, 4.69) is 16.4 Å². The zero-order valence-corrected chi connectivity index (χ0v) is 15.7. The third-order valence-corrected chi connectivity index (χ3v) is 5.41. The van der Waals surface area contributed by atoms with Gasteiger partial charge in [-0.05, 0) is 42.7 Å². The molecule has 0 bridgehead atoms. The Bertz CT molecular complexity index is 940. The highest BCUT2D eigenvalue weighted by atomic mass is 35.5.